The fourth-order valence-electron chi connectivity index (χ4n) is 0.571. The first-order valence-corrected chi connectivity index (χ1v) is 3.20. The van der Waals surface area contributed by atoms with Crippen molar-refractivity contribution in [1.29, 1.82) is 0 Å². The van der Waals surface area contributed by atoms with Crippen LogP contribution in [0.25, 0.3) is 0 Å². The Morgan fingerprint density at radius 3 is 2.15 bits per heavy atom. The lowest BCUT2D eigenvalue weighted by Crippen LogP contribution is -2.06. The average molecular weight is 189 g/mol. The highest BCUT2D eigenvalue weighted by Gasteiger charge is 2.15. The highest BCUT2D eigenvalue weighted by atomic mass is 16.6. The van der Waals surface area contributed by atoms with E-state index in [-0.39, 0.29) is 0 Å². The smallest absolute Gasteiger partial charge is 0.314 e. The summed E-state index contributed by atoms with van der Waals surface area (Å²) >= 11 is 0. The molecule has 13 heavy (non-hydrogen) atoms. The maximum atomic E-state index is 10.1. The summed E-state index contributed by atoms with van der Waals surface area (Å²) in [6.07, 6.45) is -0.555. The van der Waals surface area contributed by atoms with Gasteiger partial charge in [-0.05, 0) is 0 Å². The second kappa shape index (κ2) is 4.86. The van der Waals surface area contributed by atoms with Gasteiger partial charge in [-0.15, -0.1) is 0 Å². The zero-order chi connectivity index (χ0) is 10.4. The van der Waals surface area contributed by atoms with E-state index in [2.05, 4.69) is 0 Å². The van der Waals surface area contributed by atoms with Crippen molar-refractivity contribution in [2.45, 2.75) is 12.8 Å². The van der Waals surface area contributed by atoms with E-state index in [1.54, 1.807) is 0 Å². The van der Waals surface area contributed by atoms with Gasteiger partial charge >= 0.3 is 11.9 Å². The number of nitrogens with zero attached hydrogens (tertiary/aromatic N) is 1. The molecule has 0 radical (unpaired) electrons. The van der Waals surface area contributed by atoms with Crippen molar-refractivity contribution in [3.8, 4) is 0 Å². The van der Waals surface area contributed by atoms with Crippen LogP contribution in [0, 0.1) is 10.1 Å². The predicted molar refractivity (Wildman–Crippen MR) is 39.6 cm³/mol. The SMILES string of the molecule is O=C(O)C/C=C(/CC(=O)O)[N+](=O)[O-]. The van der Waals surface area contributed by atoms with Crippen LogP contribution in [0.5, 0.6) is 0 Å². The van der Waals surface area contributed by atoms with Gasteiger partial charge in [0.15, 0.2) is 0 Å². The minimum absolute atomic E-state index is 0.552. The highest BCUT2D eigenvalue weighted by molar-refractivity contribution is 5.71. The van der Waals surface area contributed by atoms with Crippen molar-refractivity contribution < 1.29 is 24.7 Å². The van der Waals surface area contributed by atoms with Crippen LogP contribution in [-0.4, -0.2) is 27.1 Å². The van der Waals surface area contributed by atoms with Crippen LogP contribution in [0.2, 0.25) is 0 Å². The quantitative estimate of drug-likeness (QED) is 0.467. The summed E-state index contributed by atoms with van der Waals surface area (Å²) in [6.45, 7) is 0. The molecule has 0 heterocycles. The third-order valence-corrected chi connectivity index (χ3v) is 1.08. The van der Waals surface area contributed by atoms with E-state index in [0.717, 1.165) is 6.08 Å². The van der Waals surface area contributed by atoms with E-state index in [0.29, 0.717) is 0 Å². The number of hydrogen-bond acceptors (Lipinski definition) is 4. The van der Waals surface area contributed by atoms with Crippen molar-refractivity contribution in [3.63, 3.8) is 0 Å². The average Bonchev–Trinajstić information content (AvgIpc) is 1.96. The molecular formula is C6H7NO6. The molecule has 0 unspecified atom stereocenters. The molecule has 0 spiro atoms. The number of carbonyl (C=O) groups is 2. The molecule has 7 heteroatoms. The normalized spacial score (nSPS) is 10.9. The van der Waals surface area contributed by atoms with Crippen LogP contribution in [-0.2, 0) is 9.59 Å². The van der Waals surface area contributed by atoms with E-state index in [4.69, 9.17) is 10.2 Å². The molecule has 0 bridgehead atoms. The fraction of sp³-hybridized carbons (Fsp3) is 0.333. The van der Waals surface area contributed by atoms with E-state index in [9.17, 15) is 19.7 Å². The molecule has 72 valence electrons. The third kappa shape index (κ3) is 5.36. The molecule has 0 aromatic heterocycles. The van der Waals surface area contributed by atoms with Gasteiger partial charge in [-0.1, -0.05) is 0 Å². The number of carboxylic acid groups (broad SMARTS) is 2. The molecule has 0 aromatic carbocycles. The zero-order valence-corrected chi connectivity index (χ0v) is 6.47. The van der Waals surface area contributed by atoms with Gasteiger partial charge in [0.05, 0.1) is 11.3 Å². The molecular weight excluding hydrogens is 182 g/mol. The number of rotatable bonds is 5. The van der Waals surface area contributed by atoms with Crippen molar-refractivity contribution in [2.24, 2.45) is 0 Å². The molecule has 2 N–H and O–H groups in total. The summed E-state index contributed by atoms with van der Waals surface area (Å²) in [5.74, 6) is -2.61. The number of aliphatic carboxylic acids is 2. The van der Waals surface area contributed by atoms with Gasteiger partial charge in [-0.3, -0.25) is 19.7 Å². The summed E-state index contributed by atoms with van der Waals surface area (Å²) in [5.41, 5.74) is -0.616. The Balaban J connectivity index is 4.41. The Morgan fingerprint density at radius 2 is 1.85 bits per heavy atom. The molecule has 0 fully saturated rings. The van der Waals surface area contributed by atoms with E-state index >= 15 is 0 Å². The first kappa shape index (κ1) is 11.1. The highest BCUT2D eigenvalue weighted by Crippen LogP contribution is 2.03. The van der Waals surface area contributed by atoms with Gasteiger partial charge in [-0.25, -0.2) is 0 Å². The molecule has 0 aliphatic carbocycles. The van der Waals surface area contributed by atoms with Gasteiger partial charge in [-0.2, -0.15) is 0 Å². The standard InChI is InChI=1S/C6H7NO6/c8-5(9)2-1-4(7(12)13)3-6(10)11/h1H,2-3H2,(H,8,9)(H,10,11)/b4-1-. The summed E-state index contributed by atoms with van der Waals surface area (Å²) in [7, 11) is 0. The predicted octanol–water partition coefficient (Wildman–Crippen LogP) is 0.0964. The molecule has 0 saturated heterocycles. The minimum atomic E-state index is -1.37. The van der Waals surface area contributed by atoms with Crippen molar-refractivity contribution in [1.82, 2.24) is 0 Å². The second-order valence-electron chi connectivity index (χ2n) is 2.12. The van der Waals surface area contributed by atoms with Crippen LogP contribution in [0.3, 0.4) is 0 Å². The van der Waals surface area contributed by atoms with Crippen molar-refractivity contribution in [3.05, 3.63) is 21.9 Å². The van der Waals surface area contributed by atoms with Crippen LogP contribution in [0.4, 0.5) is 0 Å². The van der Waals surface area contributed by atoms with Crippen molar-refractivity contribution >= 4 is 11.9 Å². The van der Waals surface area contributed by atoms with E-state index in [1.165, 1.54) is 0 Å². The van der Waals surface area contributed by atoms with Gasteiger partial charge in [0.2, 0.25) is 0 Å². The van der Waals surface area contributed by atoms with Crippen LogP contribution in [0.1, 0.15) is 12.8 Å². The Labute approximate surface area is 72.4 Å². The van der Waals surface area contributed by atoms with Crippen LogP contribution >= 0.6 is 0 Å². The van der Waals surface area contributed by atoms with Gasteiger partial charge in [0, 0.05) is 6.08 Å². The van der Waals surface area contributed by atoms with Gasteiger partial charge in [0.25, 0.3) is 5.70 Å². The summed E-state index contributed by atoms with van der Waals surface area (Å²) in [5, 5.41) is 26.5. The Kier molecular flexibility index (Phi) is 4.14. The van der Waals surface area contributed by atoms with E-state index in [1.807, 2.05) is 0 Å². The fourth-order valence-corrected chi connectivity index (χ4v) is 0.571. The third-order valence-electron chi connectivity index (χ3n) is 1.08. The van der Waals surface area contributed by atoms with E-state index < -0.39 is 35.4 Å². The monoisotopic (exact) mass is 189 g/mol. The van der Waals surface area contributed by atoms with Crippen molar-refractivity contribution in [2.75, 3.05) is 0 Å². The van der Waals surface area contributed by atoms with Crippen LogP contribution < -0.4 is 0 Å². The Hall–Kier alpha value is -1.92. The lowest BCUT2D eigenvalue weighted by atomic mass is 10.2. The Bertz CT molecular complexity index is 268. The largest absolute Gasteiger partial charge is 0.481 e. The molecule has 0 aliphatic heterocycles. The summed E-state index contributed by atoms with van der Waals surface area (Å²) in [4.78, 5) is 29.3. The van der Waals surface area contributed by atoms with Gasteiger partial charge in [0.1, 0.15) is 6.42 Å². The maximum absolute atomic E-state index is 10.1. The summed E-state index contributed by atoms with van der Waals surface area (Å²) < 4.78 is 0. The molecule has 0 rings (SSSR count). The Morgan fingerprint density at radius 1 is 1.31 bits per heavy atom. The lowest BCUT2D eigenvalue weighted by molar-refractivity contribution is -0.427. The topological polar surface area (TPSA) is 118 Å². The molecule has 0 saturated carbocycles. The number of hydrogen-bond donors (Lipinski definition) is 2. The first-order chi connectivity index (χ1) is 5.93. The molecule has 0 aliphatic rings. The molecule has 0 atom stereocenters. The second-order valence-corrected chi connectivity index (χ2v) is 2.12. The van der Waals surface area contributed by atoms with Crippen LogP contribution in [0.15, 0.2) is 11.8 Å². The number of nitro groups is 1. The zero-order valence-electron chi connectivity index (χ0n) is 6.47. The lowest BCUT2D eigenvalue weighted by Gasteiger charge is -1.92. The number of carboxylic acids is 2. The molecule has 0 aromatic rings. The van der Waals surface area contributed by atoms with Gasteiger partial charge < -0.3 is 10.2 Å². The molecule has 0 amide bonds. The summed E-state index contributed by atoms with van der Waals surface area (Å²) in [6, 6.07) is 0. The minimum Gasteiger partial charge on any atom is -0.481 e. The maximum Gasteiger partial charge on any atom is 0.314 e. The molecule has 7 nitrogen and oxygen atoms in total. The first-order valence-electron chi connectivity index (χ1n) is 3.20.